The first kappa shape index (κ1) is 41.8. The number of nitrogens with one attached hydrogen (secondary N) is 2. The molecule has 0 spiro atoms. The highest BCUT2D eigenvalue weighted by atomic mass is 16.4. The Balaban J connectivity index is 0.000000328. The van der Waals surface area contributed by atoms with Gasteiger partial charge in [-0.15, -0.1) is 10.2 Å². The molecule has 0 aliphatic carbocycles. The number of aliphatic carboxylic acids is 1. The molecule has 9 heteroatoms. The van der Waals surface area contributed by atoms with E-state index in [0.717, 1.165) is 73.4 Å². The molecule has 9 nitrogen and oxygen atoms in total. The predicted octanol–water partition coefficient (Wildman–Crippen LogP) is 7.37. The van der Waals surface area contributed by atoms with E-state index in [4.69, 9.17) is 0 Å². The van der Waals surface area contributed by atoms with Gasteiger partial charge in [0.05, 0.1) is 31.2 Å². The zero-order chi connectivity index (χ0) is 37.9. The van der Waals surface area contributed by atoms with E-state index < -0.39 is 23.1 Å². The quantitative estimate of drug-likeness (QED) is 0.0601. The Morgan fingerprint density at radius 3 is 1.85 bits per heavy atom. The molecule has 53 heavy (non-hydrogen) atoms. The van der Waals surface area contributed by atoms with Crippen LogP contribution in [0.2, 0.25) is 0 Å². The van der Waals surface area contributed by atoms with Gasteiger partial charge < -0.3 is 20.2 Å². The average molecular weight is 727 g/mol. The molecular weight excluding hydrogens is 663 g/mol. The number of rotatable bonds is 20. The van der Waals surface area contributed by atoms with Crippen LogP contribution < -0.4 is 4.90 Å². The van der Waals surface area contributed by atoms with E-state index in [0.29, 0.717) is 6.42 Å². The number of likely N-dealkylation sites (tertiary alicyclic amines) is 1. The van der Waals surface area contributed by atoms with Crippen molar-refractivity contribution in [2.45, 2.75) is 128 Å². The fraction of sp³-hybridized carbons (Fsp3) is 0.545. The topological polar surface area (TPSA) is 137 Å². The lowest BCUT2D eigenvalue weighted by atomic mass is 9.72. The first-order valence-corrected chi connectivity index (χ1v) is 20.1. The number of carbonyl (C=O) groups is 1. The Hall–Kier alpha value is -3.92. The summed E-state index contributed by atoms with van der Waals surface area (Å²) >= 11 is 0. The molecule has 1 aromatic heterocycles. The highest BCUT2D eigenvalue weighted by Crippen LogP contribution is 2.40. The highest BCUT2D eigenvalue weighted by molar-refractivity contribution is 5.80. The number of quaternary nitrogens is 1. The third-order valence-electron chi connectivity index (χ3n) is 11.2. The number of carboxylic acids is 1. The summed E-state index contributed by atoms with van der Waals surface area (Å²) in [4.78, 5) is 13.0. The van der Waals surface area contributed by atoms with Gasteiger partial charge in [0.2, 0.25) is 0 Å². The van der Waals surface area contributed by atoms with Gasteiger partial charge in [0.25, 0.3) is 0 Å². The summed E-state index contributed by atoms with van der Waals surface area (Å²) in [5.41, 5.74) is 1.52. The maximum atomic E-state index is 12.1. The maximum absolute atomic E-state index is 12.1. The zero-order valence-electron chi connectivity index (χ0n) is 32.3. The molecule has 5 rings (SSSR count). The number of aryl methyl sites for hydroxylation is 1. The molecule has 3 aromatic carbocycles. The van der Waals surface area contributed by atoms with Gasteiger partial charge in [-0.1, -0.05) is 148 Å². The largest absolute Gasteiger partial charge is 0.481 e. The van der Waals surface area contributed by atoms with Gasteiger partial charge in [-0.05, 0) is 55.4 Å². The Morgan fingerprint density at radius 2 is 1.34 bits per heavy atom. The minimum atomic E-state index is -0.994. The maximum Gasteiger partial charge on any atom is 0.313 e. The summed E-state index contributed by atoms with van der Waals surface area (Å²) in [6, 6.07) is 27.4. The lowest BCUT2D eigenvalue weighted by Crippen LogP contribution is -3.13. The van der Waals surface area contributed by atoms with Crippen molar-refractivity contribution < 1.29 is 25.0 Å². The van der Waals surface area contributed by atoms with Crippen molar-refractivity contribution in [2.75, 3.05) is 19.6 Å². The number of tetrazole rings is 1. The normalized spacial score (nSPS) is 16.8. The van der Waals surface area contributed by atoms with Gasteiger partial charge in [0, 0.05) is 25.2 Å². The van der Waals surface area contributed by atoms with E-state index in [9.17, 15) is 20.1 Å². The van der Waals surface area contributed by atoms with Crippen LogP contribution in [-0.2, 0) is 22.2 Å². The monoisotopic (exact) mass is 726 g/mol. The van der Waals surface area contributed by atoms with E-state index >= 15 is 0 Å². The van der Waals surface area contributed by atoms with Crippen molar-refractivity contribution in [3.8, 4) is 0 Å². The summed E-state index contributed by atoms with van der Waals surface area (Å²) < 4.78 is 0. The molecule has 1 atom stereocenters. The predicted molar refractivity (Wildman–Crippen MR) is 211 cm³/mol. The molecule has 288 valence electrons. The van der Waals surface area contributed by atoms with Gasteiger partial charge >= 0.3 is 5.97 Å². The van der Waals surface area contributed by atoms with Crippen LogP contribution in [0.25, 0.3) is 0 Å². The van der Waals surface area contributed by atoms with E-state index in [-0.39, 0.29) is 5.92 Å². The third kappa shape index (κ3) is 12.6. The van der Waals surface area contributed by atoms with Crippen LogP contribution in [-0.4, -0.2) is 61.5 Å². The number of hydrogen-bond acceptors (Lipinski definition) is 6. The molecule has 0 amide bonds. The number of aromatic amines is 1. The number of aliphatic hydroxyl groups excluding tert-OH is 1. The lowest BCUT2D eigenvalue weighted by molar-refractivity contribution is -0.906. The van der Waals surface area contributed by atoms with E-state index in [1.165, 1.54) is 62.7 Å². The standard InChI is InChI=1S/C32H39NO4.C12H24N4/c1-31(2,30(35)36)25-17-15-24(16-18-25)29(34)14-9-21-33-22-19-28(20-23-33)32(37,26-10-5-3-6-11-26)27-12-7-4-8-13-27;1-2-3-4-5-6-7-8-9-10-11-12-13-15-16-14-12/h3-8,10-13,15-18,28-29,34,37H,9,14,19-23H2,1-2H3,(H,35,36);2-11H2,1H3,(H,13,14,15,16)/p+1. The lowest BCUT2D eigenvalue weighted by Gasteiger charge is -2.41. The van der Waals surface area contributed by atoms with Crippen LogP contribution >= 0.6 is 0 Å². The van der Waals surface area contributed by atoms with Gasteiger partial charge in [0.1, 0.15) is 5.60 Å². The van der Waals surface area contributed by atoms with Crippen molar-refractivity contribution in [1.82, 2.24) is 20.6 Å². The molecule has 5 N–H and O–H groups in total. The number of unbranched alkanes of at least 4 members (excludes halogenated alkanes) is 8. The molecule has 1 aliphatic heterocycles. The van der Waals surface area contributed by atoms with Crippen molar-refractivity contribution in [1.29, 1.82) is 0 Å². The van der Waals surface area contributed by atoms with Crippen molar-refractivity contribution in [3.63, 3.8) is 0 Å². The molecule has 1 aliphatic rings. The number of H-pyrrole nitrogens is 1. The minimum Gasteiger partial charge on any atom is -0.481 e. The van der Waals surface area contributed by atoms with Crippen LogP contribution in [0.3, 0.4) is 0 Å². The van der Waals surface area contributed by atoms with Crippen LogP contribution in [0, 0.1) is 5.92 Å². The molecule has 0 saturated carbocycles. The minimum absolute atomic E-state index is 0.153. The molecule has 1 unspecified atom stereocenters. The number of aliphatic hydroxyl groups is 2. The second-order valence-corrected chi connectivity index (χ2v) is 15.4. The summed E-state index contributed by atoms with van der Waals surface area (Å²) in [5, 5.41) is 46.1. The molecule has 2 heterocycles. The second-order valence-electron chi connectivity index (χ2n) is 15.4. The number of hydrogen-bond donors (Lipinski definition) is 5. The van der Waals surface area contributed by atoms with Crippen molar-refractivity contribution in [3.05, 3.63) is 113 Å². The zero-order valence-corrected chi connectivity index (χ0v) is 32.3. The van der Waals surface area contributed by atoms with Gasteiger partial charge in [-0.25, -0.2) is 0 Å². The van der Waals surface area contributed by atoms with Gasteiger partial charge in [0.15, 0.2) is 5.82 Å². The van der Waals surface area contributed by atoms with Crippen LogP contribution in [0.5, 0.6) is 0 Å². The fourth-order valence-electron chi connectivity index (χ4n) is 7.56. The van der Waals surface area contributed by atoms with Crippen LogP contribution in [0.4, 0.5) is 0 Å². The Bertz CT molecular complexity index is 1520. The SMILES string of the molecule is CC(C)(C(=O)O)c1ccc(C(O)CCC[NH+]2CCC(C(O)(c3ccccc3)c3ccccc3)CC2)cc1.CCCCCCCCCCCc1nn[nH]n1. The van der Waals surface area contributed by atoms with Gasteiger partial charge in [-0.3, -0.25) is 4.79 Å². The number of aromatic nitrogens is 4. The van der Waals surface area contributed by atoms with E-state index in [1.807, 2.05) is 84.9 Å². The summed E-state index contributed by atoms with van der Waals surface area (Å²) in [7, 11) is 0. The van der Waals surface area contributed by atoms with Crippen molar-refractivity contribution in [2.24, 2.45) is 5.92 Å². The number of carboxylic acid groups (broad SMARTS) is 1. The van der Waals surface area contributed by atoms with Crippen molar-refractivity contribution >= 4 is 5.97 Å². The molecule has 0 bridgehead atoms. The number of benzene rings is 3. The fourth-order valence-corrected chi connectivity index (χ4v) is 7.56. The van der Waals surface area contributed by atoms with E-state index in [1.54, 1.807) is 13.8 Å². The Kier molecular flexibility index (Phi) is 17.1. The van der Waals surface area contributed by atoms with Crippen LogP contribution in [0.15, 0.2) is 84.9 Å². The summed E-state index contributed by atoms with van der Waals surface area (Å²) in [6.07, 6.45) is 16.1. The second kappa shape index (κ2) is 21.7. The highest BCUT2D eigenvalue weighted by Gasteiger charge is 2.42. The van der Waals surface area contributed by atoms with Crippen LogP contribution in [0.1, 0.15) is 138 Å². The molecule has 1 saturated heterocycles. The molecular formula is C44H64N5O4+. The summed E-state index contributed by atoms with van der Waals surface area (Å²) in [5.74, 6) is 0.140. The molecule has 4 aromatic rings. The molecule has 0 radical (unpaired) electrons. The van der Waals surface area contributed by atoms with E-state index in [2.05, 4.69) is 27.5 Å². The first-order chi connectivity index (χ1) is 25.7. The Morgan fingerprint density at radius 1 is 0.792 bits per heavy atom. The smallest absolute Gasteiger partial charge is 0.313 e. The number of nitrogens with zero attached hydrogens (tertiary/aromatic N) is 3. The first-order valence-electron chi connectivity index (χ1n) is 20.1. The summed E-state index contributed by atoms with van der Waals surface area (Å²) in [6.45, 7) is 8.63. The number of piperidine rings is 1. The third-order valence-corrected chi connectivity index (χ3v) is 11.2. The molecule has 1 fully saturated rings. The average Bonchev–Trinajstić information content (AvgIpc) is 3.72. The van der Waals surface area contributed by atoms with Gasteiger partial charge in [-0.2, -0.15) is 5.21 Å². The Labute approximate surface area is 317 Å².